The Morgan fingerprint density at radius 1 is 1.59 bits per heavy atom. The molecule has 0 aromatic rings. The smallest absolute Gasteiger partial charge is 0.421 e. The van der Waals surface area contributed by atoms with Crippen molar-refractivity contribution in [1.29, 1.82) is 5.41 Å². The van der Waals surface area contributed by atoms with Crippen molar-refractivity contribution < 1.29 is 17.9 Å². The van der Waals surface area contributed by atoms with Crippen LogP contribution in [-0.4, -0.2) is 44.9 Å². The molecule has 0 aromatic heterocycles. The number of carbonyl (C=O) groups excluding carboxylic acids is 1. The van der Waals surface area contributed by atoms with Gasteiger partial charge in [-0.3, -0.25) is 5.41 Å². The number of hydrogen-bond acceptors (Lipinski definition) is 5. The molecule has 1 aliphatic heterocycles. The van der Waals surface area contributed by atoms with Crippen molar-refractivity contribution in [1.82, 2.24) is 9.03 Å². The van der Waals surface area contributed by atoms with Crippen LogP contribution < -0.4 is 10.5 Å². The van der Waals surface area contributed by atoms with E-state index in [9.17, 15) is 13.2 Å². The van der Waals surface area contributed by atoms with E-state index in [4.69, 9.17) is 11.1 Å². The van der Waals surface area contributed by atoms with Crippen LogP contribution in [0.2, 0.25) is 0 Å². The number of methoxy groups -OCH3 is 1. The molecule has 1 unspecified atom stereocenters. The number of nitrogens with one attached hydrogen (secondary N) is 2. The number of hydrogen-bond donors (Lipinski definition) is 3. The number of piperidine rings is 1. The first-order chi connectivity index (χ1) is 7.86. The standard InChI is InChI=1S/C8H16N4O4S/c1-16-8(13)11-17(14,15)12-4-2-3-6(5-12)7(9)10/h6H,2-5H2,1H3,(H3,9,10)(H,11,13). The second-order valence-corrected chi connectivity index (χ2v) is 5.42. The predicted octanol–water partition coefficient (Wildman–Crippen LogP) is -0.765. The molecule has 0 saturated carbocycles. The van der Waals surface area contributed by atoms with Crippen molar-refractivity contribution in [3.05, 3.63) is 0 Å². The SMILES string of the molecule is COC(=O)NS(=O)(=O)N1CCCC(C(=N)N)C1. The maximum absolute atomic E-state index is 11.7. The molecule has 98 valence electrons. The Morgan fingerprint density at radius 2 is 2.24 bits per heavy atom. The van der Waals surface area contributed by atoms with Crippen LogP contribution in [0.15, 0.2) is 0 Å². The molecule has 1 atom stereocenters. The molecule has 9 heteroatoms. The lowest BCUT2D eigenvalue weighted by Crippen LogP contribution is -2.49. The summed E-state index contributed by atoms with van der Waals surface area (Å²) in [6.07, 6.45) is 0.251. The van der Waals surface area contributed by atoms with Gasteiger partial charge in [0.15, 0.2) is 0 Å². The van der Waals surface area contributed by atoms with Crippen LogP contribution in [0.5, 0.6) is 0 Å². The fourth-order valence-electron chi connectivity index (χ4n) is 1.63. The van der Waals surface area contributed by atoms with Crippen LogP contribution in [0, 0.1) is 11.3 Å². The van der Waals surface area contributed by atoms with Crippen molar-refractivity contribution in [2.24, 2.45) is 11.7 Å². The largest absolute Gasteiger partial charge is 0.452 e. The van der Waals surface area contributed by atoms with E-state index < -0.39 is 16.3 Å². The zero-order valence-electron chi connectivity index (χ0n) is 9.47. The summed E-state index contributed by atoms with van der Waals surface area (Å²) in [5.74, 6) is -0.332. The molecule has 0 aromatic carbocycles. The van der Waals surface area contributed by atoms with Crippen molar-refractivity contribution in [2.45, 2.75) is 12.8 Å². The fourth-order valence-corrected chi connectivity index (χ4v) is 2.79. The van der Waals surface area contributed by atoms with Crippen LogP contribution in [0.4, 0.5) is 4.79 Å². The van der Waals surface area contributed by atoms with Gasteiger partial charge < -0.3 is 10.5 Å². The summed E-state index contributed by atoms with van der Waals surface area (Å²) in [5.41, 5.74) is 5.35. The highest BCUT2D eigenvalue weighted by Crippen LogP contribution is 2.18. The second-order valence-electron chi connectivity index (χ2n) is 3.75. The molecule has 8 nitrogen and oxygen atoms in total. The molecular weight excluding hydrogens is 248 g/mol. The number of ether oxygens (including phenoxy) is 1. The molecule has 1 fully saturated rings. The third kappa shape index (κ3) is 3.56. The summed E-state index contributed by atoms with van der Waals surface area (Å²) < 4.78 is 30.5. The number of nitrogens with zero attached hydrogens (tertiary/aromatic N) is 1. The van der Waals surface area contributed by atoms with E-state index in [0.717, 1.165) is 11.4 Å². The van der Waals surface area contributed by atoms with Crippen LogP contribution >= 0.6 is 0 Å². The summed E-state index contributed by atoms with van der Waals surface area (Å²) in [6.45, 7) is 0.414. The first-order valence-electron chi connectivity index (χ1n) is 5.06. The minimum absolute atomic E-state index is 0.0389. The monoisotopic (exact) mass is 264 g/mol. The van der Waals surface area contributed by atoms with Gasteiger partial charge in [-0.05, 0) is 12.8 Å². The highest BCUT2D eigenvalue weighted by molar-refractivity contribution is 7.87. The second kappa shape index (κ2) is 5.32. The van der Waals surface area contributed by atoms with Gasteiger partial charge in [-0.1, -0.05) is 0 Å². The Morgan fingerprint density at radius 3 is 2.76 bits per heavy atom. The fraction of sp³-hybridized carbons (Fsp3) is 0.750. The predicted molar refractivity (Wildman–Crippen MR) is 60.7 cm³/mol. The highest BCUT2D eigenvalue weighted by Gasteiger charge is 2.31. The van der Waals surface area contributed by atoms with E-state index in [2.05, 4.69) is 4.74 Å². The Kier molecular flexibility index (Phi) is 4.29. The first kappa shape index (κ1) is 13.7. The van der Waals surface area contributed by atoms with Crippen molar-refractivity contribution in [3.8, 4) is 0 Å². The maximum atomic E-state index is 11.7. The lowest BCUT2D eigenvalue weighted by molar-refractivity contribution is 0.176. The van der Waals surface area contributed by atoms with Gasteiger partial charge in [0, 0.05) is 19.0 Å². The van der Waals surface area contributed by atoms with Gasteiger partial charge in [-0.2, -0.15) is 12.7 Å². The van der Waals surface area contributed by atoms with Gasteiger partial charge in [-0.15, -0.1) is 0 Å². The molecule has 4 N–H and O–H groups in total. The minimum Gasteiger partial charge on any atom is -0.452 e. The first-order valence-corrected chi connectivity index (χ1v) is 6.50. The molecule has 1 aliphatic rings. The quantitative estimate of drug-likeness (QED) is 0.456. The molecule has 0 radical (unpaired) electrons. The third-order valence-electron chi connectivity index (χ3n) is 2.56. The van der Waals surface area contributed by atoms with E-state index in [1.807, 2.05) is 0 Å². The van der Waals surface area contributed by atoms with Crippen molar-refractivity contribution in [3.63, 3.8) is 0 Å². The lowest BCUT2D eigenvalue weighted by atomic mass is 9.99. The number of rotatable bonds is 3. The van der Waals surface area contributed by atoms with Crippen molar-refractivity contribution in [2.75, 3.05) is 20.2 Å². The molecule has 1 heterocycles. The number of carbonyl (C=O) groups is 1. The molecule has 0 bridgehead atoms. The van der Waals surface area contributed by atoms with E-state index in [-0.39, 0.29) is 18.3 Å². The maximum Gasteiger partial charge on any atom is 0.421 e. The molecule has 1 saturated heterocycles. The average molecular weight is 264 g/mol. The van der Waals surface area contributed by atoms with Gasteiger partial charge in [0.05, 0.1) is 12.9 Å². The van der Waals surface area contributed by atoms with Gasteiger partial charge in [0.2, 0.25) is 0 Å². The van der Waals surface area contributed by atoms with Crippen LogP contribution in [0.3, 0.4) is 0 Å². The molecule has 17 heavy (non-hydrogen) atoms. The van der Waals surface area contributed by atoms with Gasteiger partial charge in [0.1, 0.15) is 0 Å². The molecule has 0 aliphatic carbocycles. The molecule has 1 rings (SSSR count). The van der Waals surface area contributed by atoms with Crippen LogP contribution in [0.1, 0.15) is 12.8 Å². The molecular formula is C8H16N4O4S. The van der Waals surface area contributed by atoms with E-state index in [1.54, 1.807) is 4.72 Å². The van der Waals surface area contributed by atoms with Gasteiger partial charge in [0.25, 0.3) is 0 Å². The van der Waals surface area contributed by atoms with E-state index >= 15 is 0 Å². The number of amides is 1. The Labute approximate surface area is 99.8 Å². The van der Waals surface area contributed by atoms with Crippen molar-refractivity contribution >= 4 is 22.1 Å². The van der Waals surface area contributed by atoms with Gasteiger partial charge in [-0.25, -0.2) is 9.52 Å². The van der Waals surface area contributed by atoms with Crippen LogP contribution in [0.25, 0.3) is 0 Å². The molecule has 0 spiro atoms. The Bertz CT molecular complexity index is 408. The highest BCUT2D eigenvalue weighted by atomic mass is 32.2. The zero-order valence-corrected chi connectivity index (χ0v) is 10.3. The third-order valence-corrected chi connectivity index (χ3v) is 4.00. The minimum atomic E-state index is -3.90. The zero-order chi connectivity index (χ0) is 13.1. The molecule has 1 amide bonds. The van der Waals surface area contributed by atoms with E-state index in [0.29, 0.717) is 19.4 Å². The van der Waals surface area contributed by atoms with Gasteiger partial charge >= 0.3 is 16.3 Å². The normalized spacial score (nSPS) is 21.8. The summed E-state index contributed by atoms with van der Waals surface area (Å²) in [6, 6.07) is 0. The topological polar surface area (TPSA) is 126 Å². The number of nitrogens with two attached hydrogens (primary N) is 1. The average Bonchev–Trinajstić information content (AvgIpc) is 2.28. The summed E-state index contributed by atoms with van der Waals surface area (Å²) >= 11 is 0. The lowest BCUT2D eigenvalue weighted by Gasteiger charge is -2.30. The Balaban J connectivity index is 2.71. The summed E-state index contributed by atoms with van der Waals surface area (Å²) in [5, 5.41) is 7.31. The Hall–Kier alpha value is -1.35. The number of amidine groups is 1. The van der Waals surface area contributed by atoms with E-state index in [1.165, 1.54) is 0 Å². The summed E-state index contributed by atoms with van der Waals surface area (Å²) in [7, 11) is -2.82. The summed E-state index contributed by atoms with van der Waals surface area (Å²) in [4.78, 5) is 10.9. The van der Waals surface area contributed by atoms with Crippen LogP contribution in [-0.2, 0) is 14.9 Å².